The van der Waals surface area contributed by atoms with Crippen molar-refractivity contribution in [2.45, 2.75) is 66.8 Å². The molecule has 2 N–H and O–H groups in total. The second-order valence-electron chi connectivity index (χ2n) is 6.55. The fourth-order valence-electron chi connectivity index (χ4n) is 1.73. The van der Waals surface area contributed by atoms with Crippen LogP contribution in [0, 0.1) is 0 Å². The van der Waals surface area contributed by atoms with E-state index in [1.54, 1.807) is 0 Å². The van der Waals surface area contributed by atoms with Gasteiger partial charge in [0.15, 0.2) is 6.04 Å². The summed E-state index contributed by atoms with van der Waals surface area (Å²) in [5.74, 6) is -53.7. The molecule has 0 spiro atoms. The SMILES string of the molecule is FC(F)(F)C(F)(F)C(F)(F)C(F)(F)C(F)(F)C(F)(F)C(F)(F)C(F)(F)F.O=C(O)CCC(N=S(=O)=O)C(=O)O.[H-].[H-].[Na+].[Na+]. The average Bonchev–Trinajstić information content (AvgIpc) is 2.68. The monoisotopic (exact) mass is 695 g/mol. The molecule has 0 bridgehead atoms. The van der Waals surface area contributed by atoms with E-state index in [4.69, 9.17) is 10.2 Å². The van der Waals surface area contributed by atoms with Crippen LogP contribution in [0.5, 0.6) is 0 Å². The predicted octanol–water partition coefficient (Wildman–Crippen LogP) is -0.477. The van der Waals surface area contributed by atoms with E-state index in [9.17, 15) is 97.0 Å². The summed E-state index contributed by atoms with van der Waals surface area (Å²) in [7, 11) is -2.83. The molecule has 7 nitrogen and oxygen atoms in total. The van der Waals surface area contributed by atoms with Crippen molar-refractivity contribution in [1.82, 2.24) is 0 Å². The van der Waals surface area contributed by atoms with Gasteiger partial charge in [0.1, 0.15) is 0 Å². The minimum absolute atomic E-state index is 0. The van der Waals surface area contributed by atoms with E-state index in [2.05, 4.69) is 4.36 Å². The molecule has 0 heterocycles. The van der Waals surface area contributed by atoms with E-state index in [-0.39, 0.29) is 68.4 Å². The van der Waals surface area contributed by atoms with Crippen molar-refractivity contribution in [3.8, 4) is 0 Å². The Morgan fingerprint density at radius 2 is 0.829 bits per heavy atom. The van der Waals surface area contributed by atoms with Crippen LogP contribution in [0.25, 0.3) is 0 Å². The summed E-state index contributed by atoms with van der Waals surface area (Å²) in [6, 6.07) is -1.51. The molecule has 1 unspecified atom stereocenters. The van der Waals surface area contributed by atoms with Gasteiger partial charge < -0.3 is 13.1 Å². The first-order valence-corrected chi connectivity index (χ1v) is 9.36. The number of carbonyl (C=O) groups is 2. The second kappa shape index (κ2) is 14.9. The summed E-state index contributed by atoms with van der Waals surface area (Å²) < 4.78 is 243. The maximum absolute atomic E-state index is 12.8. The van der Waals surface area contributed by atoms with E-state index in [1.165, 1.54) is 0 Å². The smallest absolute Gasteiger partial charge is 1.00 e. The molecule has 236 valence electrons. The molecule has 0 saturated heterocycles. The zero-order chi connectivity index (χ0) is 32.4. The van der Waals surface area contributed by atoms with Crippen molar-refractivity contribution in [3.05, 3.63) is 0 Å². The Morgan fingerprint density at radius 3 is 1.00 bits per heavy atom. The van der Waals surface area contributed by atoms with Gasteiger partial charge >= 0.3 is 129 Å². The maximum atomic E-state index is 12.8. The standard InChI is InChI=1S/C8F18.C5H7NO6S.2Na.2H/c9-1(10,3(13,14)5(17,18)7(21,22)23)2(11,12)4(15,16)6(19,20)8(24,25)26;7-4(8)2-1-3(5(9)10)6-13(11)12;;;;/h;3H,1-2H2,(H,7,8)(H,9,10);;;;/q;;2*+1;2*-1. The van der Waals surface area contributed by atoms with Gasteiger partial charge in [-0.15, -0.1) is 0 Å². The Balaban J connectivity index is -0.000000173. The number of hydrogen-bond acceptors (Lipinski definition) is 5. The number of aliphatic carboxylic acids is 2. The topological polar surface area (TPSA) is 121 Å². The summed E-state index contributed by atoms with van der Waals surface area (Å²) in [5, 5.41) is 16.6. The van der Waals surface area contributed by atoms with Crippen LogP contribution in [0.3, 0.4) is 0 Å². The van der Waals surface area contributed by atoms with Crippen LogP contribution in [0.1, 0.15) is 15.7 Å². The Labute approximate surface area is 261 Å². The summed E-state index contributed by atoms with van der Waals surface area (Å²) in [4.78, 5) is 20.3. The van der Waals surface area contributed by atoms with Crippen molar-refractivity contribution in [2.75, 3.05) is 0 Å². The number of carboxylic acid groups (broad SMARTS) is 2. The molecular weight excluding hydrogens is 686 g/mol. The summed E-state index contributed by atoms with van der Waals surface area (Å²) >= 11 is 0. The largest absolute Gasteiger partial charge is 1.00 e. The second-order valence-corrected chi connectivity index (χ2v) is 7.20. The first-order chi connectivity index (χ1) is 16.7. The van der Waals surface area contributed by atoms with Crippen LogP contribution in [-0.4, -0.2) is 84.5 Å². The minimum atomic E-state index is -8.72. The minimum Gasteiger partial charge on any atom is -1.00 e. The Bertz CT molecular complexity index is 998. The molecule has 0 saturated carbocycles. The quantitative estimate of drug-likeness (QED) is 0.236. The molecule has 41 heavy (non-hydrogen) atoms. The van der Waals surface area contributed by atoms with Crippen molar-refractivity contribution in [3.63, 3.8) is 0 Å². The van der Waals surface area contributed by atoms with Gasteiger partial charge in [-0.3, -0.25) is 4.79 Å². The van der Waals surface area contributed by atoms with Crippen LogP contribution in [0.2, 0.25) is 0 Å². The van der Waals surface area contributed by atoms with Crippen LogP contribution in [-0.2, 0) is 20.1 Å². The molecule has 0 aromatic carbocycles. The third kappa shape index (κ3) is 9.64. The van der Waals surface area contributed by atoms with Crippen molar-refractivity contribution < 1.29 is 169 Å². The summed E-state index contributed by atoms with van der Waals surface area (Å²) in [5.41, 5.74) is 0. The van der Waals surface area contributed by atoms with Gasteiger partial charge in [-0.25, -0.2) is 4.79 Å². The molecule has 28 heteroatoms. The van der Waals surface area contributed by atoms with Gasteiger partial charge in [0, 0.05) is 6.42 Å². The normalized spacial score (nSPS) is 14.4. The van der Waals surface area contributed by atoms with Crippen LogP contribution >= 0.6 is 0 Å². The molecular formula is C13H9F18NNa2O6S. The van der Waals surface area contributed by atoms with E-state index < -0.39 is 82.8 Å². The number of halogens is 18. The molecule has 0 aromatic heterocycles. The molecule has 0 aromatic rings. The van der Waals surface area contributed by atoms with Gasteiger partial charge in [0.25, 0.3) is 0 Å². The number of rotatable bonds is 10. The molecule has 0 aliphatic rings. The fourth-order valence-corrected chi connectivity index (χ4v) is 2.13. The van der Waals surface area contributed by atoms with Gasteiger partial charge in [-0.1, -0.05) is 0 Å². The van der Waals surface area contributed by atoms with E-state index in [1.807, 2.05) is 0 Å². The first kappa shape index (κ1) is 47.2. The van der Waals surface area contributed by atoms with Gasteiger partial charge in [0.05, 0.1) is 0 Å². The summed E-state index contributed by atoms with van der Waals surface area (Å²) in [6.07, 6.45) is -16.4. The van der Waals surface area contributed by atoms with Crippen LogP contribution in [0.4, 0.5) is 79.0 Å². The van der Waals surface area contributed by atoms with Crippen molar-refractivity contribution in [2.24, 2.45) is 4.36 Å². The number of hydrogen-bond donors (Lipinski definition) is 2. The van der Waals surface area contributed by atoms with Gasteiger partial charge in [-0.2, -0.15) is 91.8 Å². The molecule has 0 amide bonds. The summed E-state index contributed by atoms with van der Waals surface area (Å²) in [6.45, 7) is 0. The zero-order valence-electron chi connectivity index (χ0n) is 21.2. The van der Waals surface area contributed by atoms with Gasteiger partial charge in [-0.05, 0) is 6.42 Å². The van der Waals surface area contributed by atoms with E-state index in [0.29, 0.717) is 0 Å². The van der Waals surface area contributed by atoms with E-state index in [0.717, 1.165) is 0 Å². The zero-order valence-corrected chi connectivity index (χ0v) is 24.0. The molecule has 0 aliphatic heterocycles. The van der Waals surface area contributed by atoms with Gasteiger partial charge in [0.2, 0.25) is 0 Å². The molecule has 0 radical (unpaired) electrons. The molecule has 0 rings (SSSR count). The Kier molecular flexibility index (Phi) is 17.1. The average molecular weight is 695 g/mol. The Hall–Kier alpha value is -0.700. The van der Waals surface area contributed by atoms with Crippen molar-refractivity contribution >= 4 is 22.4 Å². The first-order valence-electron chi connectivity index (χ1n) is 8.33. The molecule has 1 atom stereocenters. The predicted molar refractivity (Wildman–Crippen MR) is 83.7 cm³/mol. The third-order valence-corrected chi connectivity index (χ3v) is 4.24. The number of carboxylic acids is 2. The maximum Gasteiger partial charge on any atom is 1.00 e. The Morgan fingerprint density at radius 1 is 0.585 bits per heavy atom. The molecule has 0 fully saturated rings. The van der Waals surface area contributed by atoms with Crippen LogP contribution in [0.15, 0.2) is 4.36 Å². The van der Waals surface area contributed by atoms with Crippen LogP contribution < -0.4 is 59.1 Å². The third-order valence-electron chi connectivity index (χ3n) is 3.81. The fraction of sp³-hybridized carbons (Fsp3) is 0.846. The number of nitrogens with zero attached hydrogens (tertiary/aromatic N) is 1. The van der Waals surface area contributed by atoms with Crippen molar-refractivity contribution in [1.29, 1.82) is 0 Å². The number of alkyl halides is 18. The van der Waals surface area contributed by atoms with E-state index >= 15 is 0 Å². The molecule has 0 aliphatic carbocycles.